The SMILES string of the molecule is Cn1nccc1CCC(=O)N1CCOCC1C1CCCCC1=O. The lowest BCUT2D eigenvalue weighted by Gasteiger charge is -2.41. The summed E-state index contributed by atoms with van der Waals surface area (Å²) in [7, 11) is 1.89. The number of aryl methyl sites for hydroxylation is 2. The van der Waals surface area contributed by atoms with Crippen LogP contribution in [-0.2, 0) is 27.8 Å². The smallest absolute Gasteiger partial charge is 0.223 e. The van der Waals surface area contributed by atoms with E-state index in [4.69, 9.17) is 4.74 Å². The van der Waals surface area contributed by atoms with E-state index < -0.39 is 0 Å². The van der Waals surface area contributed by atoms with Crippen LogP contribution in [0.5, 0.6) is 0 Å². The van der Waals surface area contributed by atoms with Gasteiger partial charge in [0.2, 0.25) is 5.91 Å². The second-order valence-electron chi connectivity index (χ2n) is 6.49. The van der Waals surface area contributed by atoms with Crippen LogP contribution in [0, 0.1) is 5.92 Å². The molecule has 6 nitrogen and oxygen atoms in total. The van der Waals surface area contributed by atoms with Gasteiger partial charge >= 0.3 is 0 Å². The van der Waals surface area contributed by atoms with Gasteiger partial charge < -0.3 is 9.64 Å². The molecular weight excluding hydrogens is 294 g/mol. The second kappa shape index (κ2) is 7.25. The van der Waals surface area contributed by atoms with Gasteiger partial charge in [0.1, 0.15) is 5.78 Å². The zero-order chi connectivity index (χ0) is 16.2. The molecule has 0 aromatic carbocycles. The Kier molecular flexibility index (Phi) is 5.10. The quantitative estimate of drug-likeness (QED) is 0.840. The number of ether oxygens (including phenoxy) is 1. The third-order valence-corrected chi connectivity index (χ3v) is 5.07. The maximum atomic E-state index is 12.7. The Morgan fingerprint density at radius 3 is 3.04 bits per heavy atom. The van der Waals surface area contributed by atoms with Gasteiger partial charge in [0.05, 0.1) is 19.3 Å². The highest BCUT2D eigenvalue weighted by Gasteiger charge is 2.37. The standard InChI is InChI=1S/C17H25N3O3/c1-19-13(8-9-18-19)6-7-17(22)20-10-11-23-12-15(20)14-4-2-3-5-16(14)21/h8-9,14-15H,2-7,10-12H2,1H3. The van der Waals surface area contributed by atoms with E-state index in [2.05, 4.69) is 5.10 Å². The molecule has 126 valence electrons. The first-order valence-corrected chi connectivity index (χ1v) is 8.53. The third-order valence-electron chi connectivity index (χ3n) is 5.07. The van der Waals surface area contributed by atoms with Crippen LogP contribution in [-0.4, -0.2) is 52.2 Å². The topological polar surface area (TPSA) is 64.4 Å². The van der Waals surface area contributed by atoms with Crippen LogP contribution < -0.4 is 0 Å². The molecule has 23 heavy (non-hydrogen) atoms. The van der Waals surface area contributed by atoms with E-state index >= 15 is 0 Å². The summed E-state index contributed by atoms with van der Waals surface area (Å²) in [5.74, 6) is 0.388. The number of nitrogens with zero attached hydrogens (tertiary/aromatic N) is 3. The first-order valence-electron chi connectivity index (χ1n) is 8.53. The average Bonchev–Trinajstić information content (AvgIpc) is 2.98. The van der Waals surface area contributed by atoms with Gasteiger partial charge in [0, 0.05) is 44.2 Å². The monoisotopic (exact) mass is 319 g/mol. The largest absolute Gasteiger partial charge is 0.377 e. The van der Waals surface area contributed by atoms with Gasteiger partial charge in [0.25, 0.3) is 0 Å². The molecule has 2 aliphatic rings. The number of rotatable bonds is 4. The lowest BCUT2D eigenvalue weighted by molar-refractivity contribution is -0.146. The zero-order valence-electron chi connectivity index (χ0n) is 13.7. The van der Waals surface area contributed by atoms with E-state index in [0.29, 0.717) is 44.8 Å². The fourth-order valence-electron chi connectivity index (χ4n) is 3.71. The highest BCUT2D eigenvalue weighted by molar-refractivity contribution is 5.84. The normalized spacial score (nSPS) is 25.6. The number of carbonyl (C=O) groups excluding carboxylic acids is 2. The molecule has 1 saturated heterocycles. The predicted molar refractivity (Wildman–Crippen MR) is 84.8 cm³/mol. The fraction of sp³-hybridized carbons (Fsp3) is 0.706. The minimum atomic E-state index is -0.0735. The van der Waals surface area contributed by atoms with Crippen molar-refractivity contribution in [3.8, 4) is 0 Å². The Morgan fingerprint density at radius 1 is 1.43 bits per heavy atom. The molecule has 1 aliphatic carbocycles. The van der Waals surface area contributed by atoms with Crippen LogP contribution in [0.25, 0.3) is 0 Å². The number of carbonyl (C=O) groups is 2. The zero-order valence-corrected chi connectivity index (χ0v) is 13.7. The fourth-order valence-corrected chi connectivity index (χ4v) is 3.71. The molecule has 1 saturated carbocycles. The van der Waals surface area contributed by atoms with Gasteiger partial charge in [-0.1, -0.05) is 6.42 Å². The van der Waals surface area contributed by atoms with Crippen molar-refractivity contribution < 1.29 is 14.3 Å². The molecule has 2 heterocycles. The summed E-state index contributed by atoms with van der Waals surface area (Å²) in [5, 5.41) is 4.13. The molecule has 1 aromatic heterocycles. The maximum absolute atomic E-state index is 12.7. The van der Waals surface area contributed by atoms with Crippen molar-refractivity contribution in [1.82, 2.24) is 14.7 Å². The van der Waals surface area contributed by atoms with Crippen molar-refractivity contribution in [2.75, 3.05) is 19.8 Å². The molecule has 2 atom stereocenters. The highest BCUT2D eigenvalue weighted by Crippen LogP contribution is 2.28. The van der Waals surface area contributed by atoms with Gasteiger partial charge in [-0.15, -0.1) is 0 Å². The van der Waals surface area contributed by atoms with Gasteiger partial charge in [-0.25, -0.2) is 0 Å². The molecule has 2 fully saturated rings. The van der Waals surface area contributed by atoms with E-state index in [1.807, 2.05) is 18.0 Å². The van der Waals surface area contributed by atoms with Gasteiger partial charge in [-0.2, -0.15) is 5.10 Å². The first-order chi connectivity index (χ1) is 11.2. The number of Topliss-reactive ketones (excluding diaryl/α,β-unsaturated/α-hetero) is 1. The van der Waals surface area contributed by atoms with E-state index in [1.54, 1.807) is 10.9 Å². The molecule has 0 bridgehead atoms. The Hall–Kier alpha value is -1.69. The Bertz CT molecular complexity index is 569. The number of amides is 1. The molecule has 1 aliphatic heterocycles. The number of aromatic nitrogens is 2. The molecule has 6 heteroatoms. The first kappa shape index (κ1) is 16.2. The molecule has 0 radical (unpaired) electrons. The Balaban J connectivity index is 1.64. The van der Waals surface area contributed by atoms with Crippen molar-refractivity contribution in [3.05, 3.63) is 18.0 Å². The van der Waals surface area contributed by atoms with E-state index in [-0.39, 0.29) is 17.9 Å². The molecular formula is C17H25N3O3. The van der Waals surface area contributed by atoms with Gasteiger partial charge in [-0.3, -0.25) is 14.3 Å². The van der Waals surface area contributed by atoms with Crippen LogP contribution in [0.3, 0.4) is 0 Å². The lowest BCUT2D eigenvalue weighted by atomic mass is 9.82. The number of hydrogen-bond acceptors (Lipinski definition) is 4. The predicted octanol–water partition coefficient (Wildman–Crippen LogP) is 1.34. The summed E-state index contributed by atoms with van der Waals surface area (Å²) < 4.78 is 7.37. The maximum Gasteiger partial charge on any atom is 0.223 e. The third kappa shape index (κ3) is 3.63. The van der Waals surface area contributed by atoms with E-state index in [1.165, 1.54) is 0 Å². The van der Waals surface area contributed by atoms with Crippen LogP contribution in [0.2, 0.25) is 0 Å². The Labute approximate surface area is 136 Å². The summed E-state index contributed by atoms with van der Waals surface area (Å²) in [5.41, 5.74) is 1.05. The average molecular weight is 319 g/mol. The van der Waals surface area contributed by atoms with Gasteiger partial charge in [-0.05, 0) is 25.3 Å². The molecule has 0 N–H and O–H groups in total. The van der Waals surface area contributed by atoms with E-state index in [0.717, 1.165) is 25.0 Å². The van der Waals surface area contributed by atoms with Crippen LogP contribution in [0.4, 0.5) is 0 Å². The summed E-state index contributed by atoms with van der Waals surface area (Å²) in [4.78, 5) is 26.8. The van der Waals surface area contributed by atoms with Crippen molar-refractivity contribution >= 4 is 11.7 Å². The van der Waals surface area contributed by atoms with E-state index in [9.17, 15) is 9.59 Å². The second-order valence-corrected chi connectivity index (χ2v) is 6.49. The Morgan fingerprint density at radius 2 is 2.30 bits per heavy atom. The molecule has 0 spiro atoms. The van der Waals surface area contributed by atoms with Crippen LogP contribution in [0.1, 0.15) is 37.8 Å². The number of ketones is 1. The summed E-state index contributed by atoms with van der Waals surface area (Å²) in [6.45, 7) is 1.65. The minimum absolute atomic E-state index is 0.0373. The molecule has 2 unspecified atom stereocenters. The summed E-state index contributed by atoms with van der Waals surface area (Å²) in [6, 6.07) is 1.87. The van der Waals surface area contributed by atoms with Crippen molar-refractivity contribution in [1.29, 1.82) is 0 Å². The molecule has 1 aromatic rings. The van der Waals surface area contributed by atoms with Crippen LogP contribution in [0.15, 0.2) is 12.3 Å². The van der Waals surface area contributed by atoms with Gasteiger partial charge in [0.15, 0.2) is 0 Å². The number of hydrogen-bond donors (Lipinski definition) is 0. The van der Waals surface area contributed by atoms with Crippen LogP contribution >= 0.6 is 0 Å². The van der Waals surface area contributed by atoms with Crippen molar-refractivity contribution in [2.24, 2.45) is 13.0 Å². The summed E-state index contributed by atoms with van der Waals surface area (Å²) >= 11 is 0. The molecule has 3 rings (SSSR count). The lowest BCUT2D eigenvalue weighted by Crippen LogP contribution is -2.54. The van der Waals surface area contributed by atoms with Crippen molar-refractivity contribution in [2.45, 2.75) is 44.6 Å². The summed E-state index contributed by atoms with van der Waals surface area (Å²) in [6.07, 6.45) is 6.48. The van der Waals surface area contributed by atoms with Crippen molar-refractivity contribution in [3.63, 3.8) is 0 Å². The number of morpholine rings is 1. The highest BCUT2D eigenvalue weighted by atomic mass is 16.5. The minimum Gasteiger partial charge on any atom is -0.377 e. The molecule has 1 amide bonds.